The van der Waals surface area contributed by atoms with Crippen LogP contribution in [-0.4, -0.2) is 35.6 Å². The highest BCUT2D eigenvalue weighted by Crippen LogP contribution is 2.07. The van der Waals surface area contributed by atoms with E-state index in [4.69, 9.17) is 5.11 Å². The van der Waals surface area contributed by atoms with Gasteiger partial charge in [0.2, 0.25) is 0 Å². The first-order valence-corrected chi connectivity index (χ1v) is 5.22. The molecule has 0 fully saturated rings. The van der Waals surface area contributed by atoms with Crippen LogP contribution in [0.2, 0.25) is 0 Å². The van der Waals surface area contributed by atoms with Crippen molar-refractivity contribution >= 4 is 5.97 Å². The Labute approximate surface area is 97.7 Å². The molecule has 0 aromatic carbocycles. The summed E-state index contributed by atoms with van der Waals surface area (Å²) in [7, 11) is 0. The summed E-state index contributed by atoms with van der Waals surface area (Å²) in [4.78, 5) is 14.8. The number of hydrogen-bond acceptors (Lipinski definition) is 4. The molecular weight excluding hydrogens is 222 g/mol. The van der Waals surface area contributed by atoms with Gasteiger partial charge in [-0.25, -0.2) is 14.5 Å². The van der Waals surface area contributed by atoms with Gasteiger partial charge in [-0.2, -0.15) is 10.2 Å². The van der Waals surface area contributed by atoms with Crippen molar-refractivity contribution in [1.82, 2.24) is 24.5 Å². The van der Waals surface area contributed by atoms with Crippen LogP contribution < -0.4 is 0 Å². The van der Waals surface area contributed by atoms with Crippen LogP contribution in [0.4, 0.5) is 0 Å². The third kappa shape index (κ3) is 2.32. The molecule has 0 aliphatic rings. The minimum atomic E-state index is -0.985. The Hall–Kier alpha value is -2.18. The molecule has 2 aromatic rings. The number of aromatic carboxylic acids is 1. The van der Waals surface area contributed by atoms with E-state index in [1.54, 1.807) is 4.68 Å². The standard InChI is InChI=1S/C10H13N5O2/c1-7(2)15-9(11-6-13-15)5-14-4-8(3-12-14)10(16)17/h3-4,6-7H,5H2,1-2H3,(H,16,17). The van der Waals surface area contributed by atoms with Gasteiger partial charge in [0.05, 0.1) is 11.8 Å². The quantitative estimate of drug-likeness (QED) is 0.847. The van der Waals surface area contributed by atoms with Crippen molar-refractivity contribution in [3.63, 3.8) is 0 Å². The van der Waals surface area contributed by atoms with E-state index in [2.05, 4.69) is 15.2 Å². The molecule has 0 saturated heterocycles. The molecule has 0 aliphatic carbocycles. The van der Waals surface area contributed by atoms with Gasteiger partial charge < -0.3 is 5.11 Å². The van der Waals surface area contributed by atoms with E-state index in [0.29, 0.717) is 6.54 Å². The number of carboxylic acids is 1. The molecular formula is C10H13N5O2. The van der Waals surface area contributed by atoms with Crippen LogP contribution >= 0.6 is 0 Å². The predicted octanol–water partition coefficient (Wildman–Crippen LogP) is 0.802. The lowest BCUT2D eigenvalue weighted by molar-refractivity contribution is 0.0697. The predicted molar refractivity (Wildman–Crippen MR) is 58.7 cm³/mol. The lowest BCUT2D eigenvalue weighted by Gasteiger charge is -2.08. The Morgan fingerprint density at radius 3 is 2.82 bits per heavy atom. The molecule has 0 atom stereocenters. The molecule has 0 saturated carbocycles. The summed E-state index contributed by atoms with van der Waals surface area (Å²) in [6, 6.07) is 0.210. The van der Waals surface area contributed by atoms with Gasteiger partial charge in [0, 0.05) is 12.2 Å². The van der Waals surface area contributed by atoms with Crippen molar-refractivity contribution in [1.29, 1.82) is 0 Å². The molecule has 2 heterocycles. The Balaban J connectivity index is 2.19. The zero-order chi connectivity index (χ0) is 12.4. The smallest absolute Gasteiger partial charge is 0.338 e. The minimum Gasteiger partial charge on any atom is -0.478 e. The maximum Gasteiger partial charge on any atom is 0.338 e. The SMILES string of the molecule is CC(C)n1ncnc1Cn1cc(C(=O)O)cn1. The first-order chi connectivity index (χ1) is 8.08. The molecule has 90 valence electrons. The number of rotatable bonds is 4. The maximum atomic E-state index is 10.7. The lowest BCUT2D eigenvalue weighted by atomic mass is 10.4. The van der Waals surface area contributed by atoms with Crippen LogP contribution in [0.25, 0.3) is 0 Å². The minimum absolute atomic E-state index is 0.167. The van der Waals surface area contributed by atoms with Crippen molar-refractivity contribution in [2.24, 2.45) is 0 Å². The Morgan fingerprint density at radius 1 is 1.47 bits per heavy atom. The van der Waals surface area contributed by atoms with E-state index in [0.717, 1.165) is 5.82 Å². The number of hydrogen-bond donors (Lipinski definition) is 1. The summed E-state index contributed by atoms with van der Waals surface area (Å²) in [5.41, 5.74) is 0.167. The molecule has 7 heteroatoms. The van der Waals surface area contributed by atoms with Crippen molar-refractivity contribution in [3.05, 3.63) is 30.1 Å². The molecule has 1 N–H and O–H groups in total. The Bertz CT molecular complexity index is 528. The molecule has 17 heavy (non-hydrogen) atoms. The highest BCUT2D eigenvalue weighted by Gasteiger charge is 2.10. The zero-order valence-electron chi connectivity index (χ0n) is 9.61. The van der Waals surface area contributed by atoms with E-state index in [1.807, 2.05) is 13.8 Å². The van der Waals surface area contributed by atoms with Gasteiger partial charge in [0.1, 0.15) is 18.7 Å². The maximum absolute atomic E-state index is 10.7. The van der Waals surface area contributed by atoms with Crippen LogP contribution in [0, 0.1) is 0 Å². The number of carboxylic acid groups (broad SMARTS) is 1. The Morgan fingerprint density at radius 2 is 2.24 bits per heavy atom. The van der Waals surface area contributed by atoms with Crippen molar-refractivity contribution in [3.8, 4) is 0 Å². The fourth-order valence-corrected chi connectivity index (χ4v) is 1.52. The van der Waals surface area contributed by atoms with Gasteiger partial charge >= 0.3 is 5.97 Å². The van der Waals surface area contributed by atoms with Gasteiger partial charge in [-0.3, -0.25) is 4.68 Å². The van der Waals surface area contributed by atoms with Crippen LogP contribution in [0.3, 0.4) is 0 Å². The van der Waals surface area contributed by atoms with Gasteiger partial charge in [0.25, 0.3) is 0 Å². The first-order valence-electron chi connectivity index (χ1n) is 5.22. The lowest BCUT2D eigenvalue weighted by Crippen LogP contribution is -2.12. The van der Waals surface area contributed by atoms with E-state index >= 15 is 0 Å². The number of nitrogens with zero attached hydrogens (tertiary/aromatic N) is 5. The molecule has 0 radical (unpaired) electrons. The van der Waals surface area contributed by atoms with Crippen LogP contribution in [0.15, 0.2) is 18.7 Å². The first kappa shape index (κ1) is 11.3. The van der Waals surface area contributed by atoms with Crippen molar-refractivity contribution in [2.75, 3.05) is 0 Å². The molecule has 2 aromatic heterocycles. The van der Waals surface area contributed by atoms with E-state index in [9.17, 15) is 4.79 Å². The summed E-state index contributed by atoms with van der Waals surface area (Å²) in [5.74, 6) is -0.235. The van der Waals surface area contributed by atoms with Crippen LogP contribution in [-0.2, 0) is 6.54 Å². The second-order valence-corrected chi connectivity index (χ2v) is 3.95. The fraction of sp³-hybridized carbons (Fsp3) is 0.400. The average Bonchev–Trinajstić information content (AvgIpc) is 2.86. The second-order valence-electron chi connectivity index (χ2n) is 3.95. The highest BCUT2D eigenvalue weighted by atomic mass is 16.4. The second kappa shape index (κ2) is 4.36. The summed E-state index contributed by atoms with van der Waals surface area (Å²) in [6.45, 7) is 4.42. The normalized spacial score (nSPS) is 11.0. The van der Waals surface area contributed by atoms with E-state index in [1.165, 1.54) is 23.4 Å². The molecule has 0 amide bonds. The van der Waals surface area contributed by atoms with Crippen molar-refractivity contribution < 1.29 is 9.90 Å². The van der Waals surface area contributed by atoms with E-state index in [-0.39, 0.29) is 11.6 Å². The molecule has 0 bridgehead atoms. The third-order valence-corrected chi connectivity index (χ3v) is 2.32. The number of carbonyl (C=O) groups is 1. The third-order valence-electron chi connectivity index (χ3n) is 2.32. The largest absolute Gasteiger partial charge is 0.478 e. The molecule has 0 spiro atoms. The van der Waals surface area contributed by atoms with Gasteiger partial charge in [-0.1, -0.05) is 0 Å². The summed E-state index contributed by atoms with van der Waals surface area (Å²) < 4.78 is 3.31. The highest BCUT2D eigenvalue weighted by molar-refractivity contribution is 5.86. The molecule has 7 nitrogen and oxygen atoms in total. The van der Waals surface area contributed by atoms with Gasteiger partial charge in [0.15, 0.2) is 0 Å². The van der Waals surface area contributed by atoms with Gasteiger partial charge in [-0.15, -0.1) is 0 Å². The molecule has 0 unspecified atom stereocenters. The zero-order valence-corrected chi connectivity index (χ0v) is 9.61. The fourth-order valence-electron chi connectivity index (χ4n) is 1.52. The average molecular weight is 235 g/mol. The number of aromatic nitrogens is 5. The Kier molecular flexibility index (Phi) is 2.90. The van der Waals surface area contributed by atoms with Crippen LogP contribution in [0.5, 0.6) is 0 Å². The monoisotopic (exact) mass is 235 g/mol. The van der Waals surface area contributed by atoms with Crippen molar-refractivity contribution in [2.45, 2.75) is 26.4 Å². The van der Waals surface area contributed by atoms with E-state index < -0.39 is 5.97 Å². The topological polar surface area (TPSA) is 85.8 Å². The summed E-state index contributed by atoms with van der Waals surface area (Å²) in [5, 5.41) is 16.8. The summed E-state index contributed by atoms with van der Waals surface area (Å²) in [6.07, 6.45) is 4.27. The summed E-state index contributed by atoms with van der Waals surface area (Å²) >= 11 is 0. The molecule has 2 rings (SSSR count). The van der Waals surface area contributed by atoms with Gasteiger partial charge in [-0.05, 0) is 13.8 Å². The molecule has 0 aliphatic heterocycles. The van der Waals surface area contributed by atoms with Crippen LogP contribution in [0.1, 0.15) is 36.1 Å².